The van der Waals surface area contributed by atoms with E-state index in [0.29, 0.717) is 37.3 Å². The lowest BCUT2D eigenvalue weighted by atomic mass is 10.1. The van der Waals surface area contributed by atoms with Gasteiger partial charge >= 0.3 is 0 Å². The van der Waals surface area contributed by atoms with Crippen molar-refractivity contribution >= 4 is 22.7 Å². The van der Waals surface area contributed by atoms with Gasteiger partial charge in [-0.3, -0.25) is 0 Å². The predicted molar refractivity (Wildman–Crippen MR) is 82.8 cm³/mol. The molecule has 1 saturated heterocycles. The van der Waals surface area contributed by atoms with E-state index in [2.05, 4.69) is 20.3 Å². The van der Waals surface area contributed by atoms with Gasteiger partial charge in [0, 0.05) is 43.3 Å². The van der Waals surface area contributed by atoms with Crippen molar-refractivity contribution in [2.75, 3.05) is 23.3 Å². The van der Waals surface area contributed by atoms with Crippen LogP contribution in [0.4, 0.5) is 20.5 Å². The topological polar surface area (TPSA) is 53.9 Å². The maximum Gasteiger partial charge on any atom is 0.256 e. The summed E-state index contributed by atoms with van der Waals surface area (Å²) in [6, 6.07) is 2.32. The third-order valence-electron chi connectivity index (χ3n) is 5.25. The molecule has 23 heavy (non-hydrogen) atoms. The molecule has 0 amide bonds. The fraction of sp³-hybridized carbons (Fsp3) is 0.562. The second-order valence-electron chi connectivity index (χ2n) is 7.02. The summed E-state index contributed by atoms with van der Waals surface area (Å²) >= 11 is 0. The number of rotatable bonds is 3. The van der Waals surface area contributed by atoms with Crippen LogP contribution >= 0.6 is 0 Å². The molecule has 0 aromatic carbocycles. The largest absolute Gasteiger partial charge is 0.354 e. The average Bonchev–Trinajstić information content (AvgIpc) is 3.37. The van der Waals surface area contributed by atoms with Crippen LogP contribution in [0.5, 0.6) is 0 Å². The molecule has 5 nitrogen and oxygen atoms in total. The van der Waals surface area contributed by atoms with Crippen LogP contribution < -0.4 is 10.2 Å². The van der Waals surface area contributed by atoms with Gasteiger partial charge in [-0.1, -0.05) is 0 Å². The molecule has 1 unspecified atom stereocenters. The Labute approximate surface area is 132 Å². The van der Waals surface area contributed by atoms with Crippen molar-refractivity contribution in [3.8, 4) is 0 Å². The van der Waals surface area contributed by atoms with Crippen molar-refractivity contribution in [1.29, 1.82) is 0 Å². The van der Waals surface area contributed by atoms with Crippen LogP contribution in [0, 0.1) is 5.41 Å². The standard InChI is InChI=1S/C16H17F2N5/c17-16(18)8-15(16)4-6-23(9-15)13-12-10(3-5-19-13)7-20-14(22-12)21-11-1-2-11/h3,5,7,11H,1-2,4,6,8-9H2,(H,20,21,22). The normalized spacial score (nSPS) is 28.5. The Kier molecular flexibility index (Phi) is 2.49. The molecule has 1 atom stereocenters. The SMILES string of the molecule is FC1(F)CC12CCN(c1nccc3cnc(NC4CC4)nc13)C2. The minimum atomic E-state index is -2.51. The summed E-state index contributed by atoms with van der Waals surface area (Å²) in [5.41, 5.74) is -0.0921. The van der Waals surface area contributed by atoms with Crippen molar-refractivity contribution < 1.29 is 8.78 Å². The Morgan fingerprint density at radius 2 is 2.09 bits per heavy atom. The summed E-state index contributed by atoms with van der Waals surface area (Å²) in [5.74, 6) is -1.22. The third kappa shape index (κ3) is 2.05. The molecule has 3 fully saturated rings. The lowest BCUT2D eigenvalue weighted by Gasteiger charge is -2.19. The van der Waals surface area contributed by atoms with E-state index in [1.54, 1.807) is 12.4 Å². The molecular weight excluding hydrogens is 300 g/mol. The summed E-state index contributed by atoms with van der Waals surface area (Å²) < 4.78 is 27.3. The lowest BCUT2D eigenvalue weighted by Crippen LogP contribution is -2.23. The Bertz CT molecular complexity index is 791. The van der Waals surface area contributed by atoms with E-state index in [4.69, 9.17) is 0 Å². The first-order valence-corrected chi connectivity index (χ1v) is 8.07. The van der Waals surface area contributed by atoms with Gasteiger partial charge in [0.2, 0.25) is 5.95 Å². The van der Waals surface area contributed by atoms with Gasteiger partial charge in [-0.15, -0.1) is 0 Å². The number of anilines is 2. The monoisotopic (exact) mass is 317 g/mol. The first-order valence-electron chi connectivity index (χ1n) is 8.07. The second kappa shape index (κ2) is 4.27. The minimum absolute atomic E-state index is 0.00470. The zero-order chi connectivity index (χ0) is 15.7. The van der Waals surface area contributed by atoms with Gasteiger partial charge in [-0.2, -0.15) is 0 Å². The molecule has 2 aromatic rings. The number of nitrogens with zero attached hydrogens (tertiary/aromatic N) is 4. The van der Waals surface area contributed by atoms with Gasteiger partial charge in [0.15, 0.2) is 5.82 Å². The fourth-order valence-corrected chi connectivity index (χ4v) is 3.53. The van der Waals surface area contributed by atoms with E-state index in [9.17, 15) is 8.78 Å². The number of nitrogens with one attached hydrogen (secondary N) is 1. The molecule has 5 rings (SSSR count). The van der Waals surface area contributed by atoms with Crippen molar-refractivity contribution in [2.24, 2.45) is 5.41 Å². The molecule has 1 aliphatic heterocycles. The van der Waals surface area contributed by atoms with E-state index in [1.165, 1.54) is 0 Å². The Hall–Kier alpha value is -2.05. The first-order chi connectivity index (χ1) is 11.1. The molecule has 120 valence electrons. The molecule has 3 heterocycles. The van der Waals surface area contributed by atoms with Crippen LogP contribution in [0.25, 0.3) is 10.9 Å². The summed E-state index contributed by atoms with van der Waals surface area (Å²) in [6.07, 6.45) is 6.29. The van der Waals surface area contributed by atoms with Crippen molar-refractivity contribution in [3.63, 3.8) is 0 Å². The number of hydrogen-bond acceptors (Lipinski definition) is 5. The highest BCUT2D eigenvalue weighted by atomic mass is 19.3. The number of fused-ring (bicyclic) bond motifs is 1. The van der Waals surface area contributed by atoms with Gasteiger partial charge in [0.1, 0.15) is 5.52 Å². The maximum absolute atomic E-state index is 13.6. The van der Waals surface area contributed by atoms with Gasteiger partial charge in [-0.05, 0) is 25.3 Å². The van der Waals surface area contributed by atoms with Crippen LogP contribution in [0.3, 0.4) is 0 Å². The van der Waals surface area contributed by atoms with Crippen LogP contribution in [0.2, 0.25) is 0 Å². The molecule has 2 saturated carbocycles. The molecule has 1 N–H and O–H groups in total. The van der Waals surface area contributed by atoms with E-state index in [1.807, 2.05) is 11.0 Å². The molecule has 0 radical (unpaired) electrons. The van der Waals surface area contributed by atoms with E-state index >= 15 is 0 Å². The summed E-state index contributed by atoms with van der Waals surface area (Å²) in [4.78, 5) is 15.3. The Morgan fingerprint density at radius 3 is 2.78 bits per heavy atom. The molecule has 1 spiro atoms. The van der Waals surface area contributed by atoms with Crippen LogP contribution in [-0.4, -0.2) is 40.0 Å². The van der Waals surface area contributed by atoms with Crippen LogP contribution in [-0.2, 0) is 0 Å². The summed E-state index contributed by atoms with van der Waals surface area (Å²) in [7, 11) is 0. The van der Waals surface area contributed by atoms with Gasteiger partial charge in [0.05, 0.1) is 5.41 Å². The number of alkyl halides is 2. The molecule has 0 bridgehead atoms. The zero-order valence-electron chi connectivity index (χ0n) is 12.6. The van der Waals surface area contributed by atoms with Gasteiger partial charge < -0.3 is 10.2 Å². The average molecular weight is 317 g/mol. The third-order valence-corrected chi connectivity index (χ3v) is 5.25. The molecule has 2 aliphatic carbocycles. The molecule has 2 aromatic heterocycles. The van der Waals surface area contributed by atoms with Gasteiger partial charge in [0.25, 0.3) is 5.92 Å². The number of halogens is 2. The zero-order valence-corrected chi connectivity index (χ0v) is 12.6. The number of hydrogen-bond donors (Lipinski definition) is 1. The second-order valence-corrected chi connectivity index (χ2v) is 7.02. The predicted octanol–water partition coefficient (Wildman–Crippen LogP) is 2.83. The quantitative estimate of drug-likeness (QED) is 0.943. The van der Waals surface area contributed by atoms with Crippen molar-refractivity contribution in [1.82, 2.24) is 15.0 Å². The first kappa shape index (κ1) is 13.4. The van der Waals surface area contributed by atoms with Crippen molar-refractivity contribution in [3.05, 3.63) is 18.5 Å². The molecular formula is C16H17F2N5. The fourth-order valence-electron chi connectivity index (χ4n) is 3.53. The van der Waals surface area contributed by atoms with Crippen LogP contribution in [0.15, 0.2) is 18.5 Å². The summed E-state index contributed by atoms with van der Waals surface area (Å²) in [6.45, 7) is 0.971. The number of pyridine rings is 1. The maximum atomic E-state index is 13.6. The van der Waals surface area contributed by atoms with E-state index in [0.717, 1.165) is 23.7 Å². The Balaban J connectivity index is 1.50. The smallest absolute Gasteiger partial charge is 0.256 e. The lowest BCUT2D eigenvalue weighted by molar-refractivity contribution is 0.0711. The highest BCUT2D eigenvalue weighted by Crippen LogP contribution is 2.65. The van der Waals surface area contributed by atoms with Crippen LogP contribution in [0.1, 0.15) is 25.7 Å². The van der Waals surface area contributed by atoms with E-state index < -0.39 is 11.3 Å². The highest BCUT2D eigenvalue weighted by molar-refractivity contribution is 5.88. The van der Waals surface area contributed by atoms with Gasteiger partial charge in [-0.25, -0.2) is 23.7 Å². The summed E-state index contributed by atoms with van der Waals surface area (Å²) in [5, 5.41) is 4.17. The molecule has 7 heteroatoms. The van der Waals surface area contributed by atoms with E-state index in [-0.39, 0.29) is 6.42 Å². The Morgan fingerprint density at radius 1 is 1.26 bits per heavy atom. The van der Waals surface area contributed by atoms with Crippen molar-refractivity contribution in [2.45, 2.75) is 37.6 Å². The molecule has 3 aliphatic rings. The number of aromatic nitrogens is 3. The highest BCUT2D eigenvalue weighted by Gasteiger charge is 2.72. The minimum Gasteiger partial charge on any atom is -0.354 e.